The van der Waals surface area contributed by atoms with Gasteiger partial charge in [-0.3, -0.25) is 4.79 Å². The van der Waals surface area contributed by atoms with Crippen molar-refractivity contribution in [1.82, 2.24) is 10.2 Å². The molecule has 0 radical (unpaired) electrons. The molecule has 178 valence electrons. The van der Waals surface area contributed by atoms with Gasteiger partial charge in [0.2, 0.25) is 0 Å². The van der Waals surface area contributed by atoms with Crippen molar-refractivity contribution in [3.63, 3.8) is 0 Å². The van der Waals surface area contributed by atoms with Crippen LogP contribution in [-0.2, 0) is 6.42 Å². The number of piperidine rings is 1. The van der Waals surface area contributed by atoms with E-state index in [9.17, 15) is 19.1 Å². The molecule has 1 unspecified atom stereocenters. The summed E-state index contributed by atoms with van der Waals surface area (Å²) in [6, 6.07) is 13.3. The minimum absolute atomic E-state index is 0.0445. The van der Waals surface area contributed by atoms with E-state index < -0.39 is 0 Å². The molecule has 3 rings (SSSR count). The topological polar surface area (TPSA) is 81.7 Å². The number of ketones is 1. The zero-order valence-electron chi connectivity index (χ0n) is 19.2. The van der Waals surface area contributed by atoms with Crippen molar-refractivity contribution in [3.8, 4) is 0 Å². The van der Waals surface area contributed by atoms with Crippen LogP contribution in [0.25, 0.3) is 0 Å². The number of amides is 2. The molecule has 0 aliphatic carbocycles. The van der Waals surface area contributed by atoms with Crippen LogP contribution < -0.4 is 10.6 Å². The first-order chi connectivity index (χ1) is 15.9. The molecular formula is C26H34FN3O3. The van der Waals surface area contributed by atoms with E-state index in [1.807, 2.05) is 12.1 Å². The van der Waals surface area contributed by atoms with Crippen LogP contribution in [0.15, 0.2) is 48.5 Å². The number of nitrogens with one attached hydrogen (secondary N) is 2. The molecule has 2 atom stereocenters. The number of Topliss-reactive ketones (excluding diaryl/α,β-unsaturated/α-hetero) is 1. The van der Waals surface area contributed by atoms with E-state index >= 15 is 0 Å². The Morgan fingerprint density at radius 1 is 1.15 bits per heavy atom. The van der Waals surface area contributed by atoms with Crippen LogP contribution in [-0.4, -0.2) is 54.6 Å². The Morgan fingerprint density at radius 2 is 1.94 bits per heavy atom. The number of aliphatic hydroxyl groups is 1. The zero-order chi connectivity index (χ0) is 23.6. The number of anilines is 1. The molecule has 2 aromatic rings. The van der Waals surface area contributed by atoms with E-state index in [0.29, 0.717) is 36.2 Å². The summed E-state index contributed by atoms with van der Waals surface area (Å²) in [4.78, 5) is 26.0. The maximum atomic E-state index is 13.3. The molecule has 2 amide bonds. The van der Waals surface area contributed by atoms with Gasteiger partial charge in [0.05, 0.1) is 6.61 Å². The van der Waals surface area contributed by atoms with E-state index in [0.717, 1.165) is 44.3 Å². The predicted octanol–water partition coefficient (Wildman–Crippen LogP) is 4.10. The van der Waals surface area contributed by atoms with E-state index in [2.05, 4.69) is 15.5 Å². The summed E-state index contributed by atoms with van der Waals surface area (Å²) in [5.74, 6) is 0.684. The Kier molecular flexibility index (Phi) is 9.39. The lowest BCUT2D eigenvalue weighted by Crippen LogP contribution is -2.42. The number of carbonyl (C=O) groups excluding carboxylic acids is 2. The molecule has 2 aromatic carbocycles. The number of hydrogen-bond acceptors (Lipinski definition) is 4. The summed E-state index contributed by atoms with van der Waals surface area (Å²) in [5.41, 5.74) is 2.29. The summed E-state index contributed by atoms with van der Waals surface area (Å²) in [6.45, 7) is 4.77. The highest BCUT2D eigenvalue weighted by Gasteiger charge is 2.28. The Labute approximate surface area is 195 Å². The fourth-order valence-electron chi connectivity index (χ4n) is 4.58. The molecule has 33 heavy (non-hydrogen) atoms. The monoisotopic (exact) mass is 455 g/mol. The normalized spacial score (nSPS) is 18.6. The van der Waals surface area contributed by atoms with E-state index in [-0.39, 0.29) is 24.2 Å². The van der Waals surface area contributed by atoms with Gasteiger partial charge in [-0.1, -0.05) is 24.3 Å². The van der Waals surface area contributed by atoms with Crippen LogP contribution in [0, 0.1) is 17.7 Å². The summed E-state index contributed by atoms with van der Waals surface area (Å²) in [6.07, 6.45) is 3.77. The Morgan fingerprint density at radius 3 is 2.67 bits per heavy atom. The first kappa shape index (κ1) is 24.9. The largest absolute Gasteiger partial charge is 0.395 e. The number of rotatable bonds is 10. The van der Waals surface area contributed by atoms with E-state index in [4.69, 9.17) is 0 Å². The number of carbonyl (C=O) groups is 2. The Hall–Kier alpha value is -2.77. The van der Waals surface area contributed by atoms with E-state index in [1.54, 1.807) is 24.3 Å². The second kappa shape index (κ2) is 12.5. The number of nitrogens with zero attached hydrogens (tertiary/aromatic N) is 1. The molecule has 0 saturated carbocycles. The molecule has 3 N–H and O–H groups in total. The van der Waals surface area contributed by atoms with Crippen LogP contribution >= 0.6 is 0 Å². The molecule has 7 heteroatoms. The molecule has 0 aromatic heterocycles. The van der Waals surface area contributed by atoms with Gasteiger partial charge in [-0.25, -0.2) is 9.18 Å². The smallest absolute Gasteiger partial charge is 0.319 e. The number of β-amino-alcohol motifs (C(OH)–C–C–N with tert-alkyl or cyclic N) is 1. The number of halogens is 1. The lowest BCUT2D eigenvalue weighted by molar-refractivity contribution is 0.0933. The first-order valence-electron chi connectivity index (χ1n) is 11.7. The molecule has 0 spiro atoms. The van der Waals surface area contributed by atoms with Crippen molar-refractivity contribution in [2.24, 2.45) is 11.8 Å². The third-order valence-corrected chi connectivity index (χ3v) is 6.37. The lowest BCUT2D eigenvalue weighted by Gasteiger charge is -2.39. The highest BCUT2D eigenvalue weighted by molar-refractivity contribution is 5.96. The number of benzene rings is 2. The van der Waals surface area contributed by atoms with Crippen molar-refractivity contribution < 1.29 is 19.1 Å². The third kappa shape index (κ3) is 7.94. The Balaban J connectivity index is 1.48. The second-order valence-corrected chi connectivity index (χ2v) is 8.82. The van der Waals surface area contributed by atoms with Crippen molar-refractivity contribution in [2.75, 3.05) is 38.1 Å². The van der Waals surface area contributed by atoms with Crippen LogP contribution in [0.1, 0.15) is 42.1 Å². The van der Waals surface area contributed by atoms with E-state index in [1.165, 1.54) is 19.1 Å². The summed E-state index contributed by atoms with van der Waals surface area (Å²) in [5, 5.41) is 15.0. The maximum Gasteiger partial charge on any atom is 0.319 e. The molecule has 6 nitrogen and oxygen atoms in total. The summed E-state index contributed by atoms with van der Waals surface area (Å²) in [7, 11) is 0. The minimum Gasteiger partial charge on any atom is -0.395 e. The van der Waals surface area contributed by atoms with Crippen LogP contribution in [0.2, 0.25) is 0 Å². The molecule has 1 heterocycles. The molecule has 1 aliphatic heterocycles. The van der Waals surface area contributed by atoms with Gasteiger partial charge in [0.15, 0.2) is 5.78 Å². The second-order valence-electron chi connectivity index (χ2n) is 8.82. The van der Waals surface area contributed by atoms with Crippen molar-refractivity contribution >= 4 is 17.5 Å². The molecule has 1 aliphatic rings. The average molecular weight is 456 g/mol. The predicted molar refractivity (Wildman–Crippen MR) is 128 cm³/mol. The van der Waals surface area contributed by atoms with Gasteiger partial charge in [-0.05, 0) is 80.8 Å². The number of aliphatic hydroxyl groups excluding tert-OH is 1. The minimum atomic E-state index is -0.288. The SMILES string of the molecule is CC(=O)c1cccc(NC(=O)NCCCC2CN(CCO)CC[C@H]2Cc2ccc(F)cc2)c1. The lowest BCUT2D eigenvalue weighted by atomic mass is 9.79. The molecular weight excluding hydrogens is 421 g/mol. The number of urea groups is 1. The van der Waals surface area contributed by atoms with Crippen molar-refractivity contribution in [1.29, 1.82) is 0 Å². The van der Waals surface area contributed by atoms with Gasteiger partial charge in [-0.15, -0.1) is 0 Å². The van der Waals surface area contributed by atoms with Crippen LogP contribution in [0.5, 0.6) is 0 Å². The molecule has 1 saturated heterocycles. The first-order valence-corrected chi connectivity index (χ1v) is 11.7. The van der Waals surface area contributed by atoms with Gasteiger partial charge in [0.1, 0.15) is 5.82 Å². The van der Waals surface area contributed by atoms with Crippen molar-refractivity contribution in [2.45, 2.75) is 32.6 Å². The van der Waals surface area contributed by atoms with Gasteiger partial charge >= 0.3 is 6.03 Å². The van der Waals surface area contributed by atoms with Gasteiger partial charge in [0, 0.05) is 30.9 Å². The van der Waals surface area contributed by atoms with Gasteiger partial charge in [-0.2, -0.15) is 0 Å². The van der Waals surface area contributed by atoms with Gasteiger partial charge in [0.25, 0.3) is 0 Å². The highest BCUT2D eigenvalue weighted by Crippen LogP contribution is 2.30. The van der Waals surface area contributed by atoms with Crippen LogP contribution in [0.3, 0.4) is 0 Å². The standard InChI is InChI=1S/C26H34FN3O3/c1-19(32)21-4-2-6-25(17-21)29-26(33)28-12-3-5-23-18-30(14-15-31)13-11-22(23)16-20-7-9-24(27)10-8-20/h2,4,6-10,17,22-23,31H,3,5,11-16,18H2,1H3,(H2,28,29,33)/t22-,23?/m0/s1. The fraction of sp³-hybridized carbons (Fsp3) is 0.462. The average Bonchev–Trinajstić information content (AvgIpc) is 2.80. The highest BCUT2D eigenvalue weighted by atomic mass is 19.1. The fourth-order valence-corrected chi connectivity index (χ4v) is 4.58. The summed E-state index contributed by atoms with van der Waals surface area (Å²) >= 11 is 0. The number of likely N-dealkylation sites (tertiary alicyclic amines) is 1. The summed E-state index contributed by atoms with van der Waals surface area (Å²) < 4.78 is 13.3. The zero-order valence-corrected chi connectivity index (χ0v) is 19.2. The Bertz CT molecular complexity index is 919. The van der Waals surface area contributed by atoms with Crippen molar-refractivity contribution in [3.05, 3.63) is 65.5 Å². The van der Waals surface area contributed by atoms with Gasteiger partial charge < -0.3 is 20.6 Å². The third-order valence-electron chi connectivity index (χ3n) is 6.37. The number of hydrogen-bond donors (Lipinski definition) is 3. The van der Waals surface area contributed by atoms with Crippen LogP contribution in [0.4, 0.5) is 14.9 Å². The quantitative estimate of drug-likeness (QED) is 0.372. The molecule has 1 fully saturated rings. The maximum absolute atomic E-state index is 13.3. The molecule has 0 bridgehead atoms.